The van der Waals surface area contributed by atoms with Gasteiger partial charge in [-0.3, -0.25) is 0 Å². The summed E-state index contributed by atoms with van der Waals surface area (Å²) in [6.07, 6.45) is 1.63. The molecule has 0 saturated carbocycles. The van der Waals surface area contributed by atoms with Crippen LogP contribution in [0.4, 0.5) is 4.79 Å². The maximum atomic E-state index is 11.7. The molecule has 2 N–H and O–H groups in total. The first-order valence-corrected chi connectivity index (χ1v) is 7.60. The van der Waals surface area contributed by atoms with Gasteiger partial charge in [0.15, 0.2) is 0 Å². The van der Waals surface area contributed by atoms with Crippen molar-refractivity contribution >= 4 is 6.09 Å². The first kappa shape index (κ1) is 15.8. The lowest BCUT2D eigenvalue weighted by atomic mass is 9.78. The Kier molecular flexibility index (Phi) is 4.57. The van der Waals surface area contributed by atoms with Crippen LogP contribution >= 0.6 is 0 Å². The van der Waals surface area contributed by atoms with Gasteiger partial charge in [-0.05, 0) is 52.6 Å². The molecule has 2 rings (SSSR count). The van der Waals surface area contributed by atoms with Crippen LogP contribution in [0, 0.1) is 6.92 Å². The van der Waals surface area contributed by atoms with Crippen LogP contribution < -0.4 is 10.6 Å². The Bertz CT molecular complexity index is 485. The summed E-state index contributed by atoms with van der Waals surface area (Å²) in [5.41, 5.74) is 2.11. The van der Waals surface area contributed by atoms with Crippen LogP contribution in [0.5, 0.6) is 0 Å². The fourth-order valence-electron chi connectivity index (χ4n) is 2.60. The number of carbonyl (C=O) groups excluding carboxylic acids is 1. The first-order valence-electron chi connectivity index (χ1n) is 7.60. The summed E-state index contributed by atoms with van der Waals surface area (Å²) in [5.74, 6) is 0. The molecule has 0 spiro atoms. The first-order chi connectivity index (χ1) is 9.81. The van der Waals surface area contributed by atoms with E-state index < -0.39 is 5.60 Å². The molecule has 1 unspecified atom stereocenters. The zero-order valence-corrected chi connectivity index (χ0v) is 13.5. The van der Waals surface area contributed by atoms with Crippen molar-refractivity contribution in [2.75, 3.05) is 13.1 Å². The van der Waals surface area contributed by atoms with Crippen LogP contribution in [-0.2, 0) is 10.3 Å². The van der Waals surface area contributed by atoms with Crippen molar-refractivity contribution in [3.05, 3.63) is 35.4 Å². The molecule has 0 bridgehead atoms. The number of carbonyl (C=O) groups is 1. The molecule has 1 aliphatic rings. The molecule has 0 aliphatic carbocycles. The molecule has 4 heteroatoms. The minimum absolute atomic E-state index is 0.00269. The van der Waals surface area contributed by atoms with Crippen LogP contribution in [0.2, 0.25) is 0 Å². The van der Waals surface area contributed by atoms with Crippen molar-refractivity contribution in [1.29, 1.82) is 0 Å². The second-order valence-electron chi connectivity index (χ2n) is 6.80. The van der Waals surface area contributed by atoms with Crippen molar-refractivity contribution in [3.63, 3.8) is 0 Å². The predicted octanol–water partition coefficient (Wildman–Crippen LogP) is 3.10. The van der Waals surface area contributed by atoms with E-state index in [0.29, 0.717) is 6.54 Å². The number of hydrogen-bond acceptors (Lipinski definition) is 3. The number of ether oxygens (including phenoxy) is 1. The minimum atomic E-state index is -0.451. The number of alkyl carbamates (subject to hydrolysis) is 1. The molecular formula is C17H26N2O2. The molecule has 1 amide bonds. The third kappa shape index (κ3) is 4.21. The van der Waals surface area contributed by atoms with Crippen molar-refractivity contribution in [3.8, 4) is 0 Å². The normalized spacial score (nSPS) is 21.5. The van der Waals surface area contributed by atoms with Crippen molar-refractivity contribution < 1.29 is 9.53 Å². The Morgan fingerprint density at radius 1 is 1.33 bits per heavy atom. The molecule has 1 fully saturated rings. The lowest BCUT2D eigenvalue weighted by Gasteiger charge is -2.44. The second-order valence-corrected chi connectivity index (χ2v) is 6.80. The van der Waals surface area contributed by atoms with E-state index in [9.17, 15) is 4.79 Å². The molecule has 4 nitrogen and oxygen atoms in total. The van der Waals surface area contributed by atoms with Gasteiger partial charge in [0.2, 0.25) is 0 Å². The molecule has 1 atom stereocenters. The number of amides is 1. The predicted molar refractivity (Wildman–Crippen MR) is 84.3 cm³/mol. The van der Waals surface area contributed by atoms with Crippen LogP contribution in [0.1, 0.15) is 44.7 Å². The van der Waals surface area contributed by atoms with Crippen LogP contribution in [-0.4, -0.2) is 24.8 Å². The third-order valence-corrected chi connectivity index (χ3v) is 3.84. The molecule has 1 saturated heterocycles. The van der Waals surface area contributed by atoms with Gasteiger partial charge in [0.25, 0.3) is 0 Å². The molecule has 116 valence electrons. The Labute approximate surface area is 127 Å². The Balaban J connectivity index is 1.88. The number of benzene rings is 1. The van der Waals surface area contributed by atoms with E-state index >= 15 is 0 Å². The molecule has 1 aromatic rings. The summed E-state index contributed by atoms with van der Waals surface area (Å²) in [4.78, 5) is 11.7. The summed E-state index contributed by atoms with van der Waals surface area (Å²) in [5, 5.41) is 6.37. The van der Waals surface area contributed by atoms with E-state index in [4.69, 9.17) is 4.74 Å². The third-order valence-electron chi connectivity index (χ3n) is 3.84. The Morgan fingerprint density at radius 3 is 2.43 bits per heavy atom. The zero-order valence-electron chi connectivity index (χ0n) is 13.5. The Hall–Kier alpha value is -1.55. The number of nitrogens with one attached hydrogen (secondary N) is 2. The van der Waals surface area contributed by atoms with Crippen molar-refractivity contribution in [2.24, 2.45) is 0 Å². The number of rotatable bonds is 4. The lowest BCUT2D eigenvalue weighted by Crippen LogP contribution is -2.55. The summed E-state index contributed by atoms with van der Waals surface area (Å²) in [6, 6.07) is 8.63. The highest BCUT2D eigenvalue weighted by Crippen LogP contribution is 2.34. The van der Waals surface area contributed by atoms with Crippen LogP contribution in [0.25, 0.3) is 0 Å². The van der Waals surface area contributed by atoms with E-state index in [2.05, 4.69) is 41.8 Å². The monoisotopic (exact) mass is 290 g/mol. The van der Waals surface area contributed by atoms with E-state index in [0.717, 1.165) is 19.4 Å². The van der Waals surface area contributed by atoms with Gasteiger partial charge in [-0.15, -0.1) is 0 Å². The summed E-state index contributed by atoms with van der Waals surface area (Å²) >= 11 is 0. The average molecular weight is 290 g/mol. The van der Waals surface area contributed by atoms with Crippen molar-refractivity contribution in [2.45, 2.75) is 51.7 Å². The van der Waals surface area contributed by atoms with E-state index in [1.165, 1.54) is 11.1 Å². The van der Waals surface area contributed by atoms with Crippen molar-refractivity contribution in [1.82, 2.24) is 10.6 Å². The zero-order chi connectivity index (χ0) is 15.5. The van der Waals surface area contributed by atoms with Crippen LogP contribution in [0.15, 0.2) is 24.3 Å². The molecule has 0 radical (unpaired) electrons. The standard InChI is InChI=1S/C17H26N2O2/c1-13-5-7-14(8-6-13)17(10-12-19-17)9-11-18-15(20)21-16(2,3)4/h5-8,19H,9-12H2,1-4H3,(H,18,20). The smallest absolute Gasteiger partial charge is 0.407 e. The second kappa shape index (κ2) is 6.06. The highest BCUT2D eigenvalue weighted by atomic mass is 16.6. The number of aryl methyl sites for hydroxylation is 1. The van der Waals surface area contributed by atoms with E-state index in [1.54, 1.807) is 0 Å². The molecule has 0 aromatic heterocycles. The van der Waals surface area contributed by atoms with E-state index in [-0.39, 0.29) is 11.6 Å². The molecule has 1 aromatic carbocycles. The minimum Gasteiger partial charge on any atom is -0.444 e. The fraction of sp³-hybridized carbons (Fsp3) is 0.588. The highest BCUT2D eigenvalue weighted by Gasteiger charge is 2.37. The maximum absolute atomic E-state index is 11.7. The van der Waals surface area contributed by atoms with Gasteiger partial charge in [-0.25, -0.2) is 4.79 Å². The molecule has 1 heterocycles. The Morgan fingerprint density at radius 2 is 1.95 bits per heavy atom. The lowest BCUT2D eigenvalue weighted by molar-refractivity contribution is 0.0517. The van der Waals surface area contributed by atoms with Gasteiger partial charge in [0.05, 0.1) is 0 Å². The van der Waals surface area contributed by atoms with Crippen LogP contribution in [0.3, 0.4) is 0 Å². The van der Waals surface area contributed by atoms with Gasteiger partial charge < -0.3 is 15.4 Å². The maximum Gasteiger partial charge on any atom is 0.407 e. The summed E-state index contributed by atoms with van der Waals surface area (Å²) < 4.78 is 5.26. The average Bonchev–Trinajstić information content (AvgIpc) is 2.32. The largest absolute Gasteiger partial charge is 0.444 e. The SMILES string of the molecule is Cc1ccc(C2(CCNC(=O)OC(C)(C)C)CCN2)cc1. The summed E-state index contributed by atoms with van der Waals surface area (Å²) in [7, 11) is 0. The van der Waals surface area contributed by atoms with Gasteiger partial charge in [-0.2, -0.15) is 0 Å². The quantitative estimate of drug-likeness (QED) is 0.896. The number of hydrogen-bond donors (Lipinski definition) is 2. The summed E-state index contributed by atoms with van der Waals surface area (Å²) in [6.45, 7) is 9.33. The van der Waals surface area contributed by atoms with Gasteiger partial charge in [0.1, 0.15) is 5.60 Å². The topological polar surface area (TPSA) is 50.4 Å². The van der Waals surface area contributed by atoms with Gasteiger partial charge in [0, 0.05) is 12.1 Å². The van der Waals surface area contributed by atoms with Gasteiger partial charge >= 0.3 is 6.09 Å². The molecule has 1 aliphatic heterocycles. The van der Waals surface area contributed by atoms with Gasteiger partial charge in [-0.1, -0.05) is 29.8 Å². The van der Waals surface area contributed by atoms with E-state index in [1.807, 2.05) is 20.8 Å². The molecular weight excluding hydrogens is 264 g/mol. The highest BCUT2D eigenvalue weighted by molar-refractivity contribution is 5.67. The molecule has 21 heavy (non-hydrogen) atoms. The fourth-order valence-corrected chi connectivity index (χ4v) is 2.60.